The zero-order valence-electron chi connectivity index (χ0n) is 21.0. The summed E-state index contributed by atoms with van der Waals surface area (Å²) in [6.07, 6.45) is 1.21. The van der Waals surface area contributed by atoms with E-state index in [4.69, 9.17) is 0 Å². The molecule has 0 saturated heterocycles. The lowest BCUT2D eigenvalue weighted by Gasteiger charge is -2.40. The molecule has 0 saturated carbocycles. The molecule has 1 spiro atoms. The van der Waals surface area contributed by atoms with Gasteiger partial charge in [0, 0.05) is 50.3 Å². The molecule has 182 valence electrons. The van der Waals surface area contributed by atoms with Crippen molar-refractivity contribution in [3.8, 4) is 0 Å². The van der Waals surface area contributed by atoms with Crippen LogP contribution < -0.4 is 10.2 Å². The van der Waals surface area contributed by atoms with Crippen LogP contribution in [0.2, 0.25) is 0 Å². The average Bonchev–Trinajstić information content (AvgIpc) is 3.32. The molecule has 3 aromatic rings. The maximum atomic E-state index is 15.0. The number of ketones is 2. The van der Waals surface area contributed by atoms with E-state index in [-0.39, 0.29) is 17.5 Å². The van der Waals surface area contributed by atoms with E-state index in [1.54, 1.807) is 11.0 Å². The SMILES string of the molecule is Cc1ccc(N2C(=O)[C@@]3(C4=C(Nc5ccccc53)c3ccccc3C4=O)C3=C2CCC(C)(C)C3=O)cc1. The second-order valence-corrected chi connectivity index (χ2v) is 11.1. The third-order valence-corrected chi connectivity index (χ3v) is 8.46. The summed E-state index contributed by atoms with van der Waals surface area (Å²) in [7, 11) is 0. The molecule has 2 heterocycles. The first-order valence-electron chi connectivity index (χ1n) is 12.7. The Labute approximate surface area is 215 Å². The first-order chi connectivity index (χ1) is 17.8. The summed E-state index contributed by atoms with van der Waals surface area (Å²) in [5.74, 6) is -0.520. The van der Waals surface area contributed by atoms with Crippen molar-refractivity contribution < 1.29 is 14.4 Å². The van der Waals surface area contributed by atoms with Gasteiger partial charge in [0.05, 0.1) is 5.70 Å². The van der Waals surface area contributed by atoms with Crippen molar-refractivity contribution in [2.45, 2.75) is 39.0 Å². The van der Waals surface area contributed by atoms with Crippen LogP contribution >= 0.6 is 0 Å². The Morgan fingerprint density at radius 2 is 1.49 bits per heavy atom. The van der Waals surface area contributed by atoms with E-state index < -0.39 is 10.8 Å². The highest BCUT2D eigenvalue weighted by molar-refractivity contribution is 6.34. The van der Waals surface area contributed by atoms with Crippen LogP contribution in [0.25, 0.3) is 5.70 Å². The molecule has 1 N–H and O–H groups in total. The maximum absolute atomic E-state index is 15.0. The molecular formula is C32H26N2O3. The van der Waals surface area contributed by atoms with Gasteiger partial charge in [0.1, 0.15) is 5.41 Å². The van der Waals surface area contributed by atoms with E-state index in [0.717, 1.165) is 16.8 Å². The molecule has 2 aliphatic heterocycles. The van der Waals surface area contributed by atoms with Gasteiger partial charge in [-0.1, -0.05) is 74.0 Å². The number of carbonyl (C=O) groups excluding carboxylic acids is 3. The van der Waals surface area contributed by atoms with E-state index >= 15 is 4.79 Å². The number of nitrogens with one attached hydrogen (secondary N) is 1. The van der Waals surface area contributed by atoms with Crippen molar-refractivity contribution in [3.05, 3.63) is 112 Å². The molecule has 7 rings (SSSR count). The van der Waals surface area contributed by atoms with Gasteiger partial charge in [-0.15, -0.1) is 0 Å². The summed E-state index contributed by atoms with van der Waals surface area (Å²) in [6, 6.07) is 22.8. The van der Waals surface area contributed by atoms with E-state index in [2.05, 4.69) is 5.32 Å². The van der Waals surface area contributed by atoms with Gasteiger partial charge in [0.2, 0.25) is 0 Å². The van der Waals surface area contributed by atoms with Crippen molar-refractivity contribution in [2.75, 3.05) is 10.2 Å². The van der Waals surface area contributed by atoms with E-state index in [0.29, 0.717) is 52.2 Å². The lowest BCUT2D eigenvalue weighted by atomic mass is 9.60. The zero-order valence-corrected chi connectivity index (χ0v) is 21.0. The van der Waals surface area contributed by atoms with Gasteiger partial charge >= 0.3 is 0 Å². The predicted octanol–water partition coefficient (Wildman–Crippen LogP) is 5.96. The van der Waals surface area contributed by atoms with Crippen LogP contribution in [0.5, 0.6) is 0 Å². The summed E-state index contributed by atoms with van der Waals surface area (Å²) in [5, 5.41) is 3.46. The van der Waals surface area contributed by atoms with Gasteiger partial charge in [0.15, 0.2) is 11.6 Å². The molecule has 0 fully saturated rings. The molecular weight excluding hydrogens is 460 g/mol. The summed E-state index contributed by atoms with van der Waals surface area (Å²) < 4.78 is 0. The van der Waals surface area contributed by atoms with Crippen LogP contribution in [0.15, 0.2) is 89.6 Å². The van der Waals surface area contributed by atoms with Crippen LogP contribution in [-0.4, -0.2) is 17.5 Å². The number of allylic oxidation sites excluding steroid dienone is 1. The monoisotopic (exact) mass is 486 g/mol. The fraction of sp³-hybridized carbons (Fsp3) is 0.219. The summed E-state index contributed by atoms with van der Waals surface area (Å²) in [5.41, 5.74) is 4.52. The number of benzene rings is 3. The highest BCUT2D eigenvalue weighted by atomic mass is 16.2. The Hall–Kier alpha value is -4.25. The largest absolute Gasteiger partial charge is 0.354 e. The minimum atomic E-state index is -1.51. The normalized spacial score (nSPS) is 23.2. The third kappa shape index (κ3) is 2.61. The van der Waals surface area contributed by atoms with Gasteiger partial charge in [-0.3, -0.25) is 19.3 Å². The molecule has 0 unspecified atom stereocenters. The molecule has 3 aromatic carbocycles. The molecule has 5 nitrogen and oxygen atoms in total. The number of hydrogen-bond donors (Lipinski definition) is 1. The molecule has 5 heteroatoms. The van der Waals surface area contributed by atoms with Crippen molar-refractivity contribution in [1.82, 2.24) is 0 Å². The number of hydrogen-bond acceptors (Lipinski definition) is 4. The van der Waals surface area contributed by atoms with Crippen LogP contribution in [0.3, 0.4) is 0 Å². The standard InChI is InChI=1S/C32H26N2O3/c1-18-12-14-19(15-13-18)34-24-16-17-31(2,3)29(36)25(24)32(30(34)37)22-10-6-7-11-23(22)33-27-20-8-4-5-9-21(20)28(35)26(27)32/h4-15,33H,16-17H2,1-3H3/t32-/m1/s1. The lowest BCUT2D eigenvalue weighted by Crippen LogP contribution is -2.48. The Bertz CT molecular complexity index is 1640. The van der Waals surface area contributed by atoms with E-state index in [1.807, 2.05) is 87.5 Å². The topological polar surface area (TPSA) is 66.5 Å². The summed E-state index contributed by atoms with van der Waals surface area (Å²) in [4.78, 5) is 45.3. The third-order valence-electron chi connectivity index (χ3n) is 8.46. The minimum absolute atomic E-state index is 0.0657. The Balaban J connectivity index is 1.61. The Morgan fingerprint density at radius 1 is 0.811 bits per heavy atom. The van der Waals surface area contributed by atoms with E-state index in [1.165, 1.54) is 0 Å². The predicted molar refractivity (Wildman–Crippen MR) is 143 cm³/mol. The number of Topliss-reactive ketones (excluding diaryl/α,β-unsaturated/α-hetero) is 2. The van der Waals surface area contributed by atoms with Gasteiger partial charge in [-0.05, 0) is 38.0 Å². The Morgan fingerprint density at radius 3 is 2.24 bits per heavy atom. The molecule has 0 aromatic heterocycles. The molecule has 37 heavy (non-hydrogen) atoms. The average molecular weight is 487 g/mol. The lowest BCUT2D eigenvalue weighted by molar-refractivity contribution is -0.126. The molecule has 1 amide bonds. The second-order valence-electron chi connectivity index (χ2n) is 11.1. The number of aryl methyl sites for hydroxylation is 1. The minimum Gasteiger partial charge on any atom is -0.354 e. The van der Waals surface area contributed by atoms with Gasteiger partial charge in [-0.2, -0.15) is 0 Å². The van der Waals surface area contributed by atoms with Crippen molar-refractivity contribution in [2.24, 2.45) is 5.41 Å². The number of amides is 1. The van der Waals surface area contributed by atoms with Crippen LogP contribution in [-0.2, 0) is 15.0 Å². The van der Waals surface area contributed by atoms with Crippen LogP contribution in [0.1, 0.15) is 53.7 Å². The summed E-state index contributed by atoms with van der Waals surface area (Å²) >= 11 is 0. The molecule has 0 radical (unpaired) electrons. The van der Waals surface area contributed by atoms with Gasteiger partial charge < -0.3 is 5.32 Å². The first kappa shape index (κ1) is 22.0. The quantitative estimate of drug-likeness (QED) is 0.461. The number of rotatable bonds is 1. The number of nitrogens with zero attached hydrogens (tertiary/aromatic N) is 1. The number of carbonyl (C=O) groups is 3. The number of fused-ring (bicyclic) bond motifs is 6. The van der Waals surface area contributed by atoms with Gasteiger partial charge in [0.25, 0.3) is 5.91 Å². The highest BCUT2D eigenvalue weighted by Gasteiger charge is 2.66. The first-order valence-corrected chi connectivity index (χ1v) is 12.7. The Kier molecular flexibility index (Phi) is 4.26. The maximum Gasteiger partial charge on any atom is 0.251 e. The molecule has 4 aliphatic rings. The highest BCUT2D eigenvalue weighted by Crippen LogP contribution is 2.61. The van der Waals surface area contributed by atoms with Crippen molar-refractivity contribution in [3.63, 3.8) is 0 Å². The molecule has 1 atom stereocenters. The van der Waals surface area contributed by atoms with Crippen molar-refractivity contribution in [1.29, 1.82) is 0 Å². The van der Waals surface area contributed by atoms with Crippen LogP contribution in [0, 0.1) is 12.3 Å². The fourth-order valence-electron chi connectivity index (χ4n) is 6.55. The van der Waals surface area contributed by atoms with Crippen LogP contribution in [0.4, 0.5) is 11.4 Å². The van der Waals surface area contributed by atoms with Crippen molar-refractivity contribution >= 4 is 34.5 Å². The van der Waals surface area contributed by atoms with E-state index in [9.17, 15) is 9.59 Å². The van der Waals surface area contributed by atoms with Gasteiger partial charge in [-0.25, -0.2) is 0 Å². The zero-order chi connectivity index (χ0) is 25.7. The molecule has 0 bridgehead atoms. The fourth-order valence-corrected chi connectivity index (χ4v) is 6.55. The number of para-hydroxylation sites is 1. The molecule has 2 aliphatic carbocycles. The second kappa shape index (κ2) is 7.16. The smallest absolute Gasteiger partial charge is 0.251 e. The summed E-state index contributed by atoms with van der Waals surface area (Å²) in [6.45, 7) is 5.89. The number of anilines is 2.